The molecule has 0 atom stereocenters. The summed E-state index contributed by atoms with van der Waals surface area (Å²) < 4.78 is 0. The first-order chi connectivity index (χ1) is 10.1. The van der Waals surface area contributed by atoms with Crippen molar-refractivity contribution in [3.63, 3.8) is 0 Å². The molecule has 2 saturated carbocycles. The molecule has 2 heteroatoms. The molecule has 1 aromatic rings. The zero-order chi connectivity index (χ0) is 14.9. The van der Waals surface area contributed by atoms with E-state index in [4.69, 9.17) is 0 Å². The van der Waals surface area contributed by atoms with E-state index < -0.39 is 11.4 Å². The van der Waals surface area contributed by atoms with E-state index in [1.807, 2.05) is 6.07 Å². The van der Waals surface area contributed by atoms with E-state index in [1.54, 1.807) is 0 Å². The van der Waals surface area contributed by atoms with Gasteiger partial charge in [0, 0.05) is 0 Å². The maximum absolute atomic E-state index is 12.0. The van der Waals surface area contributed by atoms with Gasteiger partial charge >= 0.3 is 5.97 Å². The molecule has 0 amide bonds. The van der Waals surface area contributed by atoms with E-state index in [1.165, 1.54) is 31.2 Å². The van der Waals surface area contributed by atoms with Gasteiger partial charge in [-0.3, -0.25) is 4.79 Å². The number of carbonyl (C=O) groups is 1. The second-order valence-corrected chi connectivity index (χ2v) is 7.14. The van der Waals surface area contributed by atoms with Crippen LogP contribution in [0.2, 0.25) is 0 Å². The number of aliphatic carboxylic acids is 1. The summed E-state index contributed by atoms with van der Waals surface area (Å²) in [5.41, 5.74) is 1.84. The van der Waals surface area contributed by atoms with Crippen LogP contribution in [0.4, 0.5) is 0 Å². The van der Waals surface area contributed by atoms with Crippen molar-refractivity contribution in [1.82, 2.24) is 0 Å². The van der Waals surface area contributed by atoms with Gasteiger partial charge in [0.2, 0.25) is 0 Å². The maximum atomic E-state index is 12.0. The molecule has 1 N–H and O–H groups in total. The molecule has 3 rings (SSSR count). The van der Waals surface area contributed by atoms with Gasteiger partial charge in [0.25, 0.3) is 0 Å². The summed E-state index contributed by atoms with van der Waals surface area (Å²) in [6.07, 6.45) is 8.69. The van der Waals surface area contributed by atoms with Crippen LogP contribution in [0.1, 0.15) is 75.3 Å². The molecule has 2 aliphatic carbocycles. The van der Waals surface area contributed by atoms with E-state index >= 15 is 0 Å². The Morgan fingerprint density at radius 1 is 1.10 bits per heavy atom. The Hall–Kier alpha value is -1.31. The van der Waals surface area contributed by atoms with Crippen LogP contribution < -0.4 is 0 Å². The van der Waals surface area contributed by atoms with Gasteiger partial charge in [-0.1, -0.05) is 56.9 Å². The molecule has 0 spiro atoms. The van der Waals surface area contributed by atoms with E-state index in [0.717, 1.165) is 37.2 Å². The van der Waals surface area contributed by atoms with Crippen molar-refractivity contribution in [2.24, 2.45) is 5.92 Å². The Labute approximate surface area is 127 Å². The van der Waals surface area contributed by atoms with Crippen LogP contribution in [0.5, 0.6) is 0 Å². The van der Waals surface area contributed by atoms with Gasteiger partial charge in [-0.25, -0.2) is 0 Å². The Morgan fingerprint density at radius 3 is 2.33 bits per heavy atom. The summed E-state index contributed by atoms with van der Waals surface area (Å²) >= 11 is 0. The first-order valence-corrected chi connectivity index (χ1v) is 8.46. The number of carboxylic acids is 1. The molecular formula is C19H26O2. The largest absolute Gasteiger partial charge is 0.481 e. The van der Waals surface area contributed by atoms with E-state index in [-0.39, 0.29) is 0 Å². The number of hydrogen-bond acceptors (Lipinski definition) is 1. The fourth-order valence-corrected chi connectivity index (χ4v) is 4.44. The van der Waals surface area contributed by atoms with E-state index in [2.05, 4.69) is 25.1 Å². The van der Waals surface area contributed by atoms with E-state index in [0.29, 0.717) is 5.92 Å². The minimum absolute atomic E-state index is 0.564. The monoisotopic (exact) mass is 286 g/mol. The highest BCUT2D eigenvalue weighted by Crippen LogP contribution is 2.46. The summed E-state index contributed by atoms with van der Waals surface area (Å²) in [5.74, 6) is 0.777. The Kier molecular flexibility index (Phi) is 4.05. The maximum Gasteiger partial charge on any atom is 0.314 e. The SMILES string of the molecule is CC1CCC(c2ccccc2C2(C(=O)O)CCCC2)CC1. The van der Waals surface area contributed by atoms with Gasteiger partial charge < -0.3 is 5.11 Å². The summed E-state index contributed by atoms with van der Waals surface area (Å²) in [6.45, 7) is 2.33. The molecule has 0 bridgehead atoms. The molecule has 2 fully saturated rings. The van der Waals surface area contributed by atoms with Crippen LogP contribution in [0.3, 0.4) is 0 Å². The Bertz CT molecular complexity index is 506. The third-order valence-electron chi connectivity index (χ3n) is 5.80. The molecule has 0 aromatic heterocycles. The van der Waals surface area contributed by atoms with Crippen molar-refractivity contribution in [3.05, 3.63) is 35.4 Å². The van der Waals surface area contributed by atoms with Gasteiger partial charge in [0.15, 0.2) is 0 Å². The minimum Gasteiger partial charge on any atom is -0.481 e. The second kappa shape index (κ2) is 5.82. The van der Waals surface area contributed by atoms with Crippen molar-refractivity contribution >= 4 is 5.97 Å². The molecule has 1 aromatic carbocycles. The summed E-state index contributed by atoms with van der Waals surface area (Å²) in [6, 6.07) is 8.39. The van der Waals surface area contributed by atoms with Crippen molar-refractivity contribution in [1.29, 1.82) is 0 Å². The van der Waals surface area contributed by atoms with Crippen LogP contribution in [-0.2, 0) is 10.2 Å². The van der Waals surface area contributed by atoms with Crippen LogP contribution in [-0.4, -0.2) is 11.1 Å². The smallest absolute Gasteiger partial charge is 0.314 e. The van der Waals surface area contributed by atoms with E-state index in [9.17, 15) is 9.90 Å². The second-order valence-electron chi connectivity index (χ2n) is 7.14. The Balaban J connectivity index is 1.97. The lowest BCUT2D eigenvalue weighted by Gasteiger charge is -2.33. The fraction of sp³-hybridized carbons (Fsp3) is 0.632. The third kappa shape index (κ3) is 2.61. The molecule has 2 aliphatic rings. The van der Waals surface area contributed by atoms with Crippen molar-refractivity contribution in [2.45, 2.75) is 69.6 Å². The van der Waals surface area contributed by atoms with Gasteiger partial charge in [-0.2, -0.15) is 0 Å². The lowest BCUT2D eigenvalue weighted by Crippen LogP contribution is -2.34. The lowest BCUT2D eigenvalue weighted by atomic mass is 9.71. The number of rotatable bonds is 3. The van der Waals surface area contributed by atoms with Crippen LogP contribution in [0, 0.1) is 5.92 Å². The molecule has 2 nitrogen and oxygen atoms in total. The zero-order valence-corrected chi connectivity index (χ0v) is 13.0. The lowest BCUT2D eigenvalue weighted by molar-refractivity contribution is -0.143. The topological polar surface area (TPSA) is 37.3 Å². The average molecular weight is 286 g/mol. The average Bonchev–Trinajstić information content (AvgIpc) is 2.99. The Morgan fingerprint density at radius 2 is 1.71 bits per heavy atom. The summed E-state index contributed by atoms with van der Waals surface area (Å²) in [4.78, 5) is 12.0. The van der Waals surface area contributed by atoms with Crippen molar-refractivity contribution < 1.29 is 9.90 Å². The van der Waals surface area contributed by atoms with Gasteiger partial charge in [0.1, 0.15) is 0 Å². The zero-order valence-electron chi connectivity index (χ0n) is 13.0. The molecule has 0 radical (unpaired) electrons. The van der Waals surface area contributed by atoms with Crippen molar-refractivity contribution in [2.75, 3.05) is 0 Å². The third-order valence-corrected chi connectivity index (χ3v) is 5.80. The van der Waals surface area contributed by atoms with Gasteiger partial charge in [0.05, 0.1) is 5.41 Å². The molecule has 0 aliphatic heterocycles. The quantitative estimate of drug-likeness (QED) is 0.860. The number of benzene rings is 1. The summed E-state index contributed by atoms with van der Waals surface area (Å²) in [5, 5.41) is 9.88. The molecule has 0 saturated heterocycles. The molecule has 114 valence electrons. The van der Waals surface area contributed by atoms with Gasteiger partial charge in [-0.15, -0.1) is 0 Å². The van der Waals surface area contributed by atoms with Crippen LogP contribution >= 0.6 is 0 Å². The predicted octanol–water partition coefficient (Wildman–Crippen LogP) is 4.88. The van der Waals surface area contributed by atoms with Crippen molar-refractivity contribution in [3.8, 4) is 0 Å². The molecule has 0 heterocycles. The van der Waals surface area contributed by atoms with Crippen LogP contribution in [0.15, 0.2) is 24.3 Å². The molecular weight excluding hydrogens is 260 g/mol. The fourth-order valence-electron chi connectivity index (χ4n) is 4.44. The first-order valence-electron chi connectivity index (χ1n) is 8.46. The molecule has 0 unspecified atom stereocenters. The standard InChI is InChI=1S/C19H26O2/c1-14-8-10-15(11-9-14)16-6-2-3-7-17(16)19(18(20)21)12-4-5-13-19/h2-3,6-7,14-15H,4-5,8-13H2,1H3,(H,20,21). The first kappa shape index (κ1) is 14.6. The number of carboxylic acid groups (broad SMARTS) is 1. The number of hydrogen-bond donors (Lipinski definition) is 1. The highest BCUT2D eigenvalue weighted by molar-refractivity contribution is 5.82. The van der Waals surface area contributed by atoms with Gasteiger partial charge in [-0.05, 0) is 48.6 Å². The van der Waals surface area contributed by atoms with Crippen LogP contribution in [0.25, 0.3) is 0 Å². The minimum atomic E-state index is -0.614. The predicted molar refractivity (Wildman–Crippen MR) is 84.6 cm³/mol. The normalized spacial score (nSPS) is 28.4. The highest BCUT2D eigenvalue weighted by atomic mass is 16.4. The highest BCUT2D eigenvalue weighted by Gasteiger charge is 2.44. The molecule has 21 heavy (non-hydrogen) atoms. The summed E-state index contributed by atoms with van der Waals surface area (Å²) in [7, 11) is 0.